The van der Waals surface area contributed by atoms with E-state index in [0.29, 0.717) is 16.4 Å². The van der Waals surface area contributed by atoms with Crippen LogP contribution in [0, 0.1) is 0 Å². The number of nitrogens with one attached hydrogen (secondary N) is 2. The molecule has 5 nitrogen and oxygen atoms in total. The third-order valence-corrected chi connectivity index (χ3v) is 3.70. The van der Waals surface area contributed by atoms with Gasteiger partial charge in [0.05, 0.1) is 10.7 Å². The molecule has 0 aliphatic rings. The first kappa shape index (κ1) is 16.7. The lowest BCUT2D eigenvalue weighted by atomic mass is 10.2. The summed E-state index contributed by atoms with van der Waals surface area (Å²) in [4.78, 5) is 28.7. The van der Waals surface area contributed by atoms with Crippen molar-refractivity contribution in [1.82, 2.24) is 4.98 Å². The molecule has 25 heavy (non-hydrogen) atoms. The number of hydrogen-bond donors (Lipinski definition) is 2. The Labute approximate surface area is 149 Å². The number of carbonyl (C=O) groups excluding carboxylic acids is 2. The van der Waals surface area contributed by atoms with Crippen LogP contribution in [0.3, 0.4) is 0 Å². The number of para-hydroxylation sites is 2. The maximum atomic E-state index is 12.3. The summed E-state index contributed by atoms with van der Waals surface area (Å²) in [7, 11) is 0. The molecule has 0 radical (unpaired) electrons. The van der Waals surface area contributed by atoms with Gasteiger partial charge in [-0.15, -0.1) is 0 Å². The average molecular weight is 352 g/mol. The smallest absolute Gasteiger partial charge is 0.274 e. The zero-order valence-electron chi connectivity index (χ0n) is 13.1. The minimum atomic E-state index is -0.442. The Bertz CT molecular complexity index is 913. The minimum absolute atomic E-state index is 0.126. The van der Waals surface area contributed by atoms with Crippen LogP contribution in [0.25, 0.3) is 0 Å². The van der Waals surface area contributed by atoms with Crippen molar-refractivity contribution in [2.75, 3.05) is 10.6 Å². The number of aromatic nitrogens is 1. The topological polar surface area (TPSA) is 71.1 Å². The Kier molecular flexibility index (Phi) is 5.06. The highest BCUT2D eigenvalue weighted by Crippen LogP contribution is 2.21. The second-order valence-corrected chi connectivity index (χ2v) is 5.57. The maximum Gasteiger partial charge on any atom is 0.274 e. The van der Waals surface area contributed by atoms with E-state index in [0.717, 1.165) is 0 Å². The molecule has 6 heteroatoms. The van der Waals surface area contributed by atoms with Crippen molar-refractivity contribution in [1.29, 1.82) is 0 Å². The number of pyridine rings is 1. The summed E-state index contributed by atoms with van der Waals surface area (Å²) in [6.07, 6.45) is 0. The molecule has 2 amide bonds. The van der Waals surface area contributed by atoms with Crippen molar-refractivity contribution in [2.24, 2.45) is 0 Å². The molecule has 1 heterocycles. The fourth-order valence-corrected chi connectivity index (χ4v) is 2.34. The Balaban J connectivity index is 1.76. The molecule has 0 spiro atoms. The van der Waals surface area contributed by atoms with Gasteiger partial charge in [-0.05, 0) is 36.4 Å². The summed E-state index contributed by atoms with van der Waals surface area (Å²) in [6.45, 7) is 0. The van der Waals surface area contributed by atoms with E-state index in [-0.39, 0.29) is 11.4 Å². The van der Waals surface area contributed by atoms with Gasteiger partial charge in [0.1, 0.15) is 11.4 Å². The first-order valence-corrected chi connectivity index (χ1v) is 7.90. The van der Waals surface area contributed by atoms with E-state index in [2.05, 4.69) is 15.6 Å². The van der Waals surface area contributed by atoms with E-state index in [1.807, 2.05) is 18.2 Å². The Morgan fingerprint density at radius 1 is 0.720 bits per heavy atom. The molecular weight excluding hydrogens is 338 g/mol. The SMILES string of the molecule is O=C(Nc1ccccc1)c1cccc(C(=O)Nc2ccccc2Cl)n1. The lowest BCUT2D eigenvalue weighted by Crippen LogP contribution is -2.18. The van der Waals surface area contributed by atoms with Gasteiger partial charge in [0.15, 0.2) is 0 Å². The molecule has 0 saturated carbocycles. The lowest BCUT2D eigenvalue weighted by molar-refractivity contribution is 0.101. The molecule has 0 fully saturated rings. The van der Waals surface area contributed by atoms with Crippen LogP contribution in [-0.4, -0.2) is 16.8 Å². The second-order valence-electron chi connectivity index (χ2n) is 5.16. The summed E-state index contributed by atoms with van der Waals surface area (Å²) in [5, 5.41) is 5.83. The Morgan fingerprint density at radius 2 is 1.32 bits per heavy atom. The predicted octanol–water partition coefficient (Wildman–Crippen LogP) is 4.24. The quantitative estimate of drug-likeness (QED) is 0.738. The fourth-order valence-electron chi connectivity index (χ4n) is 2.15. The lowest BCUT2D eigenvalue weighted by Gasteiger charge is -2.08. The molecular formula is C19H14ClN3O2. The van der Waals surface area contributed by atoms with Crippen LogP contribution in [0.2, 0.25) is 5.02 Å². The normalized spacial score (nSPS) is 10.1. The van der Waals surface area contributed by atoms with Gasteiger partial charge in [0, 0.05) is 5.69 Å². The van der Waals surface area contributed by atoms with Gasteiger partial charge in [-0.2, -0.15) is 0 Å². The number of carbonyl (C=O) groups is 2. The van der Waals surface area contributed by atoms with Crippen LogP contribution in [0.15, 0.2) is 72.8 Å². The fraction of sp³-hybridized carbons (Fsp3) is 0. The molecule has 0 aliphatic carbocycles. The summed E-state index contributed by atoms with van der Waals surface area (Å²) in [5.74, 6) is -0.832. The summed E-state index contributed by atoms with van der Waals surface area (Å²) in [5.41, 5.74) is 1.41. The predicted molar refractivity (Wildman–Crippen MR) is 98.0 cm³/mol. The molecule has 0 atom stereocenters. The van der Waals surface area contributed by atoms with E-state index in [1.165, 1.54) is 6.07 Å². The van der Waals surface area contributed by atoms with E-state index < -0.39 is 11.8 Å². The molecule has 124 valence electrons. The monoisotopic (exact) mass is 351 g/mol. The summed E-state index contributed by atoms with van der Waals surface area (Å²) in [6, 6.07) is 20.6. The number of halogens is 1. The van der Waals surface area contributed by atoms with Gasteiger partial charge in [0.25, 0.3) is 11.8 Å². The molecule has 2 aromatic carbocycles. The van der Waals surface area contributed by atoms with Gasteiger partial charge in [-0.1, -0.05) is 48.0 Å². The third-order valence-electron chi connectivity index (χ3n) is 3.37. The first-order valence-electron chi connectivity index (χ1n) is 7.53. The van der Waals surface area contributed by atoms with Crippen molar-refractivity contribution in [3.8, 4) is 0 Å². The number of anilines is 2. The second kappa shape index (κ2) is 7.59. The molecule has 2 N–H and O–H groups in total. The maximum absolute atomic E-state index is 12.3. The highest BCUT2D eigenvalue weighted by Gasteiger charge is 2.13. The number of nitrogens with zero attached hydrogens (tertiary/aromatic N) is 1. The van der Waals surface area contributed by atoms with E-state index in [1.54, 1.807) is 48.5 Å². The first-order chi connectivity index (χ1) is 12.1. The zero-order chi connectivity index (χ0) is 17.6. The minimum Gasteiger partial charge on any atom is -0.321 e. The molecule has 0 unspecified atom stereocenters. The molecule has 3 aromatic rings. The Hall–Kier alpha value is -3.18. The zero-order valence-corrected chi connectivity index (χ0v) is 13.8. The van der Waals surface area contributed by atoms with Crippen molar-refractivity contribution in [2.45, 2.75) is 0 Å². The van der Waals surface area contributed by atoms with Crippen LogP contribution in [0.4, 0.5) is 11.4 Å². The number of hydrogen-bond acceptors (Lipinski definition) is 3. The van der Waals surface area contributed by atoms with Gasteiger partial charge < -0.3 is 10.6 Å². The standard InChI is InChI=1S/C19H14ClN3O2/c20-14-9-4-5-10-15(14)23-19(25)17-12-6-11-16(22-17)18(24)21-13-7-2-1-3-8-13/h1-12H,(H,21,24)(H,23,25). The molecule has 0 bridgehead atoms. The van der Waals surface area contributed by atoms with Gasteiger partial charge in [-0.3, -0.25) is 9.59 Å². The number of amides is 2. The van der Waals surface area contributed by atoms with Gasteiger partial charge in [0.2, 0.25) is 0 Å². The van der Waals surface area contributed by atoms with Crippen molar-refractivity contribution in [3.05, 3.63) is 89.2 Å². The van der Waals surface area contributed by atoms with E-state index in [9.17, 15) is 9.59 Å². The Morgan fingerprint density at radius 3 is 2.00 bits per heavy atom. The van der Waals surface area contributed by atoms with Crippen molar-refractivity contribution in [3.63, 3.8) is 0 Å². The summed E-state index contributed by atoms with van der Waals surface area (Å²) >= 11 is 6.03. The highest BCUT2D eigenvalue weighted by atomic mass is 35.5. The molecule has 3 rings (SSSR count). The van der Waals surface area contributed by atoms with Crippen LogP contribution in [-0.2, 0) is 0 Å². The number of rotatable bonds is 4. The van der Waals surface area contributed by atoms with Gasteiger partial charge in [-0.25, -0.2) is 4.98 Å². The molecule has 0 aliphatic heterocycles. The molecule has 0 saturated heterocycles. The largest absolute Gasteiger partial charge is 0.321 e. The van der Waals surface area contributed by atoms with E-state index >= 15 is 0 Å². The van der Waals surface area contributed by atoms with Crippen LogP contribution >= 0.6 is 11.6 Å². The van der Waals surface area contributed by atoms with Crippen molar-refractivity contribution < 1.29 is 9.59 Å². The number of benzene rings is 2. The average Bonchev–Trinajstić information content (AvgIpc) is 2.64. The van der Waals surface area contributed by atoms with Crippen LogP contribution in [0.5, 0.6) is 0 Å². The van der Waals surface area contributed by atoms with Crippen LogP contribution < -0.4 is 10.6 Å². The van der Waals surface area contributed by atoms with E-state index in [4.69, 9.17) is 11.6 Å². The summed E-state index contributed by atoms with van der Waals surface area (Å²) < 4.78 is 0. The van der Waals surface area contributed by atoms with Crippen LogP contribution in [0.1, 0.15) is 21.0 Å². The van der Waals surface area contributed by atoms with Crippen molar-refractivity contribution >= 4 is 34.8 Å². The van der Waals surface area contributed by atoms with Gasteiger partial charge >= 0.3 is 0 Å². The third kappa shape index (κ3) is 4.22. The molecule has 1 aromatic heterocycles. The highest BCUT2D eigenvalue weighted by molar-refractivity contribution is 6.33.